The van der Waals surface area contributed by atoms with E-state index in [0.29, 0.717) is 0 Å². The Hall–Kier alpha value is -1.75. The smallest absolute Gasteiger partial charge is 0.317 e. The number of carbonyl (C=O) groups is 1. The molecule has 0 aromatic heterocycles. The lowest BCUT2D eigenvalue weighted by molar-refractivity contribution is -0.136. The Morgan fingerprint density at radius 3 is 2.17 bits per heavy atom. The second kappa shape index (κ2) is 5.27. The van der Waals surface area contributed by atoms with Crippen molar-refractivity contribution in [2.75, 3.05) is 20.8 Å². The Morgan fingerprint density at radius 2 is 1.78 bits per heavy atom. The molecule has 0 radical (unpaired) electrons. The molecule has 0 amide bonds. The summed E-state index contributed by atoms with van der Waals surface area (Å²) in [5.41, 5.74) is 2.38. The van der Waals surface area contributed by atoms with Gasteiger partial charge in [0, 0.05) is 6.04 Å². The molecule has 0 unspecified atom stereocenters. The fraction of sp³-hybridized carbons (Fsp3) is 0.462. The van der Waals surface area contributed by atoms with Gasteiger partial charge in [-0.05, 0) is 36.1 Å². The molecular weight excluding hydrogens is 234 g/mol. The number of fused-ring (bicyclic) bond motifs is 1. The lowest BCUT2D eigenvalue weighted by Crippen LogP contribution is -2.33. The molecule has 18 heavy (non-hydrogen) atoms. The van der Waals surface area contributed by atoms with Crippen LogP contribution in [0.5, 0.6) is 11.5 Å². The van der Waals surface area contributed by atoms with Crippen LogP contribution < -0.4 is 14.8 Å². The number of methoxy groups -OCH3 is 2. The highest BCUT2D eigenvalue weighted by Gasteiger charge is 2.23. The summed E-state index contributed by atoms with van der Waals surface area (Å²) in [6, 6.07) is 4.11. The third kappa shape index (κ3) is 2.56. The number of hydrogen-bond acceptors (Lipinski definition) is 4. The van der Waals surface area contributed by atoms with Crippen LogP contribution >= 0.6 is 0 Å². The minimum absolute atomic E-state index is 0.00702. The predicted octanol–water partition coefficient (Wildman–Crippen LogP) is 0.845. The first-order valence-electron chi connectivity index (χ1n) is 5.83. The van der Waals surface area contributed by atoms with Crippen molar-refractivity contribution in [3.05, 3.63) is 23.3 Å². The monoisotopic (exact) mass is 251 g/mol. The van der Waals surface area contributed by atoms with Crippen molar-refractivity contribution in [1.82, 2.24) is 5.32 Å². The van der Waals surface area contributed by atoms with Gasteiger partial charge in [-0.3, -0.25) is 4.79 Å². The van der Waals surface area contributed by atoms with Crippen LogP contribution in [0.25, 0.3) is 0 Å². The molecular formula is C13H17NO4. The molecule has 1 aliphatic carbocycles. The summed E-state index contributed by atoms with van der Waals surface area (Å²) >= 11 is 0. The van der Waals surface area contributed by atoms with E-state index in [1.807, 2.05) is 12.1 Å². The maximum atomic E-state index is 10.5. The fourth-order valence-corrected chi connectivity index (χ4v) is 2.32. The van der Waals surface area contributed by atoms with Crippen LogP contribution in [0.1, 0.15) is 11.1 Å². The third-order valence-electron chi connectivity index (χ3n) is 3.18. The van der Waals surface area contributed by atoms with E-state index >= 15 is 0 Å². The summed E-state index contributed by atoms with van der Waals surface area (Å²) in [6.07, 6.45) is 1.64. The maximum absolute atomic E-state index is 10.5. The highest BCUT2D eigenvalue weighted by Crippen LogP contribution is 2.34. The van der Waals surface area contributed by atoms with Gasteiger partial charge in [-0.2, -0.15) is 0 Å². The van der Waals surface area contributed by atoms with Crippen molar-refractivity contribution in [3.8, 4) is 11.5 Å². The van der Waals surface area contributed by atoms with Crippen molar-refractivity contribution >= 4 is 5.97 Å². The number of ether oxygens (including phenoxy) is 2. The zero-order chi connectivity index (χ0) is 13.1. The van der Waals surface area contributed by atoms with Gasteiger partial charge in [0.25, 0.3) is 0 Å². The van der Waals surface area contributed by atoms with Crippen LogP contribution in [0.3, 0.4) is 0 Å². The number of carboxylic acids is 1. The summed E-state index contributed by atoms with van der Waals surface area (Å²) in [5, 5.41) is 11.7. The van der Waals surface area contributed by atoms with Gasteiger partial charge in [0.2, 0.25) is 0 Å². The van der Waals surface area contributed by atoms with Gasteiger partial charge >= 0.3 is 5.97 Å². The van der Waals surface area contributed by atoms with E-state index in [-0.39, 0.29) is 12.6 Å². The zero-order valence-corrected chi connectivity index (χ0v) is 10.5. The van der Waals surface area contributed by atoms with E-state index in [1.54, 1.807) is 14.2 Å². The van der Waals surface area contributed by atoms with Crippen molar-refractivity contribution in [3.63, 3.8) is 0 Å². The number of hydrogen-bond donors (Lipinski definition) is 2. The molecule has 0 saturated carbocycles. The molecule has 5 heteroatoms. The van der Waals surface area contributed by atoms with Gasteiger partial charge in [-0.1, -0.05) is 0 Å². The number of carboxylic acid groups (broad SMARTS) is 1. The van der Waals surface area contributed by atoms with Crippen molar-refractivity contribution in [2.24, 2.45) is 0 Å². The van der Waals surface area contributed by atoms with Crippen LogP contribution in [-0.2, 0) is 17.6 Å². The molecule has 0 atom stereocenters. The van der Waals surface area contributed by atoms with E-state index < -0.39 is 5.97 Å². The summed E-state index contributed by atoms with van der Waals surface area (Å²) < 4.78 is 10.5. The second-order valence-corrected chi connectivity index (χ2v) is 4.36. The average Bonchev–Trinajstić information content (AvgIpc) is 2.76. The van der Waals surface area contributed by atoms with E-state index in [4.69, 9.17) is 14.6 Å². The van der Waals surface area contributed by atoms with E-state index in [1.165, 1.54) is 11.1 Å². The molecule has 1 aromatic carbocycles. The summed E-state index contributed by atoms with van der Waals surface area (Å²) in [6.45, 7) is -0.00702. The second-order valence-electron chi connectivity index (χ2n) is 4.36. The van der Waals surface area contributed by atoms with E-state index in [0.717, 1.165) is 24.3 Å². The lowest BCUT2D eigenvalue weighted by Gasteiger charge is -2.09. The molecule has 5 nitrogen and oxygen atoms in total. The third-order valence-corrected chi connectivity index (χ3v) is 3.18. The summed E-state index contributed by atoms with van der Waals surface area (Å²) in [7, 11) is 3.22. The molecule has 0 bridgehead atoms. The van der Waals surface area contributed by atoms with Crippen LogP contribution in [0.4, 0.5) is 0 Å². The highest BCUT2D eigenvalue weighted by molar-refractivity contribution is 5.69. The van der Waals surface area contributed by atoms with E-state index in [2.05, 4.69) is 5.32 Å². The Morgan fingerprint density at radius 1 is 1.28 bits per heavy atom. The number of benzene rings is 1. The first-order chi connectivity index (χ1) is 8.63. The molecule has 0 spiro atoms. The number of rotatable bonds is 5. The molecule has 2 N–H and O–H groups in total. The molecule has 0 heterocycles. The summed E-state index contributed by atoms with van der Waals surface area (Å²) in [5.74, 6) is 0.603. The molecule has 0 fully saturated rings. The Bertz CT molecular complexity index is 426. The van der Waals surface area contributed by atoms with Crippen LogP contribution in [0, 0.1) is 0 Å². The quantitative estimate of drug-likeness (QED) is 0.812. The highest BCUT2D eigenvalue weighted by atomic mass is 16.5. The SMILES string of the molecule is COc1cc2c(cc1OC)CC(NCC(=O)O)C2. The molecule has 1 aromatic rings. The van der Waals surface area contributed by atoms with Crippen molar-refractivity contribution < 1.29 is 19.4 Å². The predicted molar refractivity (Wildman–Crippen MR) is 66.4 cm³/mol. The van der Waals surface area contributed by atoms with Gasteiger partial charge in [0.1, 0.15) is 0 Å². The van der Waals surface area contributed by atoms with Gasteiger partial charge in [0.15, 0.2) is 11.5 Å². The van der Waals surface area contributed by atoms with Crippen LogP contribution in [0.2, 0.25) is 0 Å². The van der Waals surface area contributed by atoms with Crippen molar-refractivity contribution in [1.29, 1.82) is 0 Å². The average molecular weight is 251 g/mol. The van der Waals surface area contributed by atoms with Gasteiger partial charge in [0.05, 0.1) is 20.8 Å². The minimum atomic E-state index is -0.832. The zero-order valence-electron chi connectivity index (χ0n) is 10.5. The number of nitrogens with one attached hydrogen (secondary N) is 1. The Kier molecular flexibility index (Phi) is 3.72. The maximum Gasteiger partial charge on any atom is 0.317 e. The molecule has 98 valence electrons. The normalized spacial score (nSPS) is 14.3. The van der Waals surface area contributed by atoms with Crippen LogP contribution in [0.15, 0.2) is 12.1 Å². The lowest BCUT2D eigenvalue weighted by atomic mass is 10.1. The fourth-order valence-electron chi connectivity index (χ4n) is 2.32. The van der Waals surface area contributed by atoms with Crippen molar-refractivity contribution in [2.45, 2.75) is 18.9 Å². The van der Waals surface area contributed by atoms with Crippen LogP contribution in [-0.4, -0.2) is 37.9 Å². The largest absolute Gasteiger partial charge is 0.493 e. The first kappa shape index (κ1) is 12.7. The van der Waals surface area contributed by atoms with Gasteiger partial charge < -0.3 is 19.9 Å². The molecule has 0 aliphatic heterocycles. The standard InChI is InChI=1S/C13H17NO4/c1-17-11-5-8-3-10(14-7-13(15)16)4-9(8)6-12(11)18-2/h5-6,10,14H,3-4,7H2,1-2H3,(H,15,16). The molecule has 2 rings (SSSR count). The molecule has 0 saturated heterocycles. The first-order valence-corrected chi connectivity index (χ1v) is 5.83. The number of aliphatic carboxylic acids is 1. The Labute approximate surface area is 106 Å². The minimum Gasteiger partial charge on any atom is -0.493 e. The molecule has 1 aliphatic rings. The van der Waals surface area contributed by atoms with Gasteiger partial charge in [-0.15, -0.1) is 0 Å². The summed E-state index contributed by atoms with van der Waals surface area (Å²) in [4.78, 5) is 10.5. The van der Waals surface area contributed by atoms with Gasteiger partial charge in [-0.25, -0.2) is 0 Å². The Balaban J connectivity index is 2.12. The topological polar surface area (TPSA) is 67.8 Å². The van der Waals surface area contributed by atoms with E-state index in [9.17, 15) is 4.79 Å².